The van der Waals surface area contributed by atoms with Crippen LogP contribution in [-0.4, -0.2) is 0 Å². The summed E-state index contributed by atoms with van der Waals surface area (Å²) in [7, 11) is 0. The van der Waals surface area contributed by atoms with Gasteiger partial charge >= 0.3 is 0 Å². The van der Waals surface area contributed by atoms with Gasteiger partial charge in [-0.15, -0.1) is 0 Å². The molecule has 0 aromatic heterocycles. The van der Waals surface area contributed by atoms with E-state index in [0.717, 1.165) is 5.69 Å². The lowest BCUT2D eigenvalue weighted by Gasteiger charge is -2.24. The molecule has 2 aromatic carbocycles. The number of benzene rings is 2. The van der Waals surface area contributed by atoms with Crippen molar-refractivity contribution in [1.82, 2.24) is 0 Å². The summed E-state index contributed by atoms with van der Waals surface area (Å²) >= 11 is 12.4. The quantitative estimate of drug-likeness (QED) is 0.707. The first kappa shape index (κ1) is 15.0. The second kappa shape index (κ2) is 5.55. The number of nitrogen functional groups attached to an aromatic ring is 1. The van der Waals surface area contributed by atoms with Crippen molar-refractivity contribution in [3.63, 3.8) is 0 Å². The molecule has 0 saturated carbocycles. The van der Waals surface area contributed by atoms with E-state index in [0.29, 0.717) is 21.4 Å². The number of nitrogens with two attached hydrogens (primary N) is 1. The van der Waals surface area contributed by atoms with Crippen LogP contribution in [0.4, 0.5) is 17.1 Å². The van der Waals surface area contributed by atoms with Crippen LogP contribution in [0.5, 0.6) is 0 Å². The fraction of sp³-hybridized carbons (Fsp3) is 0.250. The molecule has 106 valence electrons. The standard InChI is InChI=1S/C16H18Cl2N2/c1-16(2,3)11-6-4-5-7-14(11)20-15-12(17)8-10(19)9-13(15)18/h4-9,20H,19H2,1-3H3. The van der Waals surface area contributed by atoms with Crippen molar-refractivity contribution in [2.45, 2.75) is 26.2 Å². The van der Waals surface area contributed by atoms with Crippen LogP contribution < -0.4 is 11.1 Å². The van der Waals surface area contributed by atoms with Crippen LogP contribution in [0.1, 0.15) is 26.3 Å². The molecule has 0 aliphatic carbocycles. The predicted molar refractivity (Wildman–Crippen MR) is 89.3 cm³/mol. The highest BCUT2D eigenvalue weighted by Gasteiger charge is 2.18. The average Bonchev–Trinajstić information content (AvgIpc) is 2.33. The van der Waals surface area contributed by atoms with Gasteiger partial charge in [0.05, 0.1) is 15.7 Å². The molecule has 0 amide bonds. The number of nitrogens with one attached hydrogen (secondary N) is 1. The maximum absolute atomic E-state index is 6.22. The van der Waals surface area contributed by atoms with Gasteiger partial charge in [0.2, 0.25) is 0 Å². The zero-order chi connectivity index (χ0) is 14.9. The third-order valence-corrected chi connectivity index (χ3v) is 3.66. The summed E-state index contributed by atoms with van der Waals surface area (Å²) < 4.78 is 0. The Morgan fingerprint density at radius 3 is 2.10 bits per heavy atom. The molecule has 2 nitrogen and oxygen atoms in total. The molecule has 20 heavy (non-hydrogen) atoms. The van der Waals surface area contributed by atoms with Gasteiger partial charge < -0.3 is 11.1 Å². The zero-order valence-corrected chi connectivity index (χ0v) is 13.3. The van der Waals surface area contributed by atoms with E-state index in [1.807, 2.05) is 18.2 Å². The Hall–Kier alpha value is -1.38. The first-order chi connectivity index (χ1) is 9.29. The van der Waals surface area contributed by atoms with Crippen molar-refractivity contribution >= 4 is 40.3 Å². The largest absolute Gasteiger partial charge is 0.399 e. The molecule has 0 bridgehead atoms. The van der Waals surface area contributed by atoms with Crippen molar-refractivity contribution in [1.29, 1.82) is 0 Å². The zero-order valence-electron chi connectivity index (χ0n) is 11.8. The van der Waals surface area contributed by atoms with Crippen molar-refractivity contribution in [3.8, 4) is 0 Å². The fourth-order valence-electron chi connectivity index (χ4n) is 2.09. The molecule has 0 radical (unpaired) electrons. The summed E-state index contributed by atoms with van der Waals surface area (Å²) in [4.78, 5) is 0. The molecule has 0 aliphatic rings. The highest BCUT2D eigenvalue weighted by Crippen LogP contribution is 2.38. The second-order valence-electron chi connectivity index (χ2n) is 5.78. The Kier molecular flexibility index (Phi) is 4.17. The first-order valence-corrected chi connectivity index (χ1v) is 7.15. The van der Waals surface area contributed by atoms with Gasteiger partial charge in [-0.1, -0.05) is 62.2 Å². The smallest absolute Gasteiger partial charge is 0.0764 e. The van der Waals surface area contributed by atoms with Gasteiger partial charge in [0.1, 0.15) is 0 Å². The Morgan fingerprint density at radius 2 is 1.55 bits per heavy atom. The molecule has 4 heteroatoms. The molecule has 2 aromatic rings. The molecular weight excluding hydrogens is 291 g/mol. The van der Waals surface area contributed by atoms with E-state index in [9.17, 15) is 0 Å². The van der Waals surface area contributed by atoms with E-state index >= 15 is 0 Å². The van der Waals surface area contributed by atoms with Crippen LogP contribution in [0.15, 0.2) is 36.4 Å². The van der Waals surface area contributed by atoms with Crippen LogP contribution in [0.3, 0.4) is 0 Å². The average molecular weight is 309 g/mol. The Bertz CT molecular complexity index is 608. The van der Waals surface area contributed by atoms with Crippen LogP contribution in [-0.2, 0) is 5.41 Å². The van der Waals surface area contributed by atoms with E-state index in [4.69, 9.17) is 28.9 Å². The van der Waals surface area contributed by atoms with E-state index in [1.54, 1.807) is 12.1 Å². The number of anilines is 3. The second-order valence-corrected chi connectivity index (χ2v) is 6.59. The Labute approximate surface area is 129 Å². The summed E-state index contributed by atoms with van der Waals surface area (Å²) in [6.45, 7) is 6.50. The van der Waals surface area contributed by atoms with Crippen molar-refractivity contribution in [3.05, 3.63) is 52.0 Å². The summed E-state index contributed by atoms with van der Waals surface area (Å²) in [5.74, 6) is 0. The number of halogens is 2. The third kappa shape index (κ3) is 3.20. The monoisotopic (exact) mass is 308 g/mol. The van der Waals surface area contributed by atoms with E-state index in [2.05, 4.69) is 32.2 Å². The molecule has 0 unspecified atom stereocenters. The molecule has 0 spiro atoms. The fourth-order valence-corrected chi connectivity index (χ4v) is 2.69. The van der Waals surface area contributed by atoms with Gasteiger partial charge in [0.25, 0.3) is 0 Å². The summed E-state index contributed by atoms with van der Waals surface area (Å²) in [6.07, 6.45) is 0. The molecule has 0 saturated heterocycles. The number of para-hydroxylation sites is 1. The SMILES string of the molecule is CC(C)(C)c1ccccc1Nc1c(Cl)cc(N)cc1Cl. The number of hydrogen-bond donors (Lipinski definition) is 2. The molecule has 2 rings (SSSR count). The lowest BCUT2D eigenvalue weighted by atomic mass is 9.86. The van der Waals surface area contributed by atoms with Gasteiger partial charge in [-0.05, 0) is 29.2 Å². The number of rotatable bonds is 2. The normalized spacial score (nSPS) is 11.4. The highest BCUT2D eigenvalue weighted by molar-refractivity contribution is 6.39. The first-order valence-electron chi connectivity index (χ1n) is 6.40. The Balaban J connectivity index is 2.46. The summed E-state index contributed by atoms with van der Waals surface area (Å²) in [5.41, 5.74) is 9.17. The lowest BCUT2D eigenvalue weighted by molar-refractivity contribution is 0.592. The van der Waals surface area contributed by atoms with Crippen molar-refractivity contribution < 1.29 is 0 Å². The van der Waals surface area contributed by atoms with Crippen LogP contribution in [0, 0.1) is 0 Å². The van der Waals surface area contributed by atoms with Crippen molar-refractivity contribution in [2.24, 2.45) is 0 Å². The lowest BCUT2D eigenvalue weighted by Crippen LogP contribution is -2.13. The van der Waals surface area contributed by atoms with Gasteiger partial charge in [0, 0.05) is 11.4 Å². The molecule has 0 fully saturated rings. The van der Waals surface area contributed by atoms with Crippen LogP contribution in [0.25, 0.3) is 0 Å². The van der Waals surface area contributed by atoms with Crippen LogP contribution in [0.2, 0.25) is 10.0 Å². The minimum atomic E-state index is 0.0242. The van der Waals surface area contributed by atoms with E-state index in [-0.39, 0.29) is 5.41 Å². The van der Waals surface area contributed by atoms with Gasteiger partial charge in [-0.3, -0.25) is 0 Å². The minimum Gasteiger partial charge on any atom is -0.399 e. The Morgan fingerprint density at radius 1 is 1.00 bits per heavy atom. The maximum Gasteiger partial charge on any atom is 0.0764 e. The molecule has 0 heterocycles. The predicted octanol–water partition coefficient (Wildman–Crippen LogP) is 5.62. The number of hydrogen-bond acceptors (Lipinski definition) is 2. The van der Waals surface area contributed by atoms with Crippen molar-refractivity contribution in [2.75, 3.05) is 11.1 Å². The highest BCUT2D eigenvalue weighted by atomic mass is 35.5. The van der Waals surface area contributed by atoms with E-state index < -0.39 is 0 Å². The van der Waals surface area contributed by atoms with Gasteiger partial charge in [-0.25, -0.2) is 0 Å². The van der Waals surface area contributed by atoms with E-state index in [1.165, 1.54) is 5.56 Å². The molecule has 3 N–H and O–H groups in total. The maximum atomic E-state index is 6.22. The summed E-state index contributed by atoms with van der Waals surface area (Å²) in [5, 5.41) is 4.35. The van der Waals surface area contributed by atoms with Crippen LogP contribution >= 0.6 is 23.2 Å². The van der Waals surface area contributed by atoms with Gasteiger partial charge in [-0.2, -0.15) is 0 Å². The third-order valence-electron chi connectivity index (χ3n) is 3.06. The summed E-state index contributed by atoms with van der Waals surface area (Å²) in [6, 6.07) is 11.5. The van der Waals surface area contributed by atoms with Gasteiger partial charge in [0.15, 0.2) is 0 Å². The molecule has 0 atom stereocenters. The molecular formula is C16H18Cl2N2. The minimum absolute atomic E-state index is 0.0242. The molecule has 0 aliphatic heterocycles. The topological polar surface area (TPSA) is 38.0 Å².